The minimum atomic E-state index is -4.85. The fourth-order valence-electron chi connectivity index (χ4n) is 2.50. The third-order valence-corrected chi connectivity index (χ3v) is 3.96. The number of ether oxygens (including phenoxy) is 2. The Kier molecular flexibility index (Phi) is 5.19. The second kappa shape index (κ2) is 7.43. The predicted molar refractivity (Wildman–Crippen MR) is 93.8 cm³/mol. The van der Waals surface area contributed by atoms with E-state index in [1.54, 1.807) is 24.3 Å². The number of rotatable bonds is 5. The lowest BCUT2D eigenvalue weighted by molar-refractivity contribution is -0.274. The van der Waals surface area contributed by atoms with Gasteiger partial charge in [0.15, 0.2) is 5.69 Å². The number of carboxylic acid groups (broad SMARTS) is 1. The summed E-state index contributed by atoms with van der Waals surface area (Å²) in [6, 6.07) is 11.2. The molecule has 146 valence electrons. The van der Waals surface area contributed by atoms with Crippen molar-refractivity contribution in [1.82, 2.24) is 9.55 Å². The summed E-state index contributed by atoms with van der Waals surface area (Å²) < 4.78 is 47.6. The summed E-state index contributed by atoms with van der Waals surface area (Å²) in [6.45, 7) is 0. The van der Waals surface area contributed by atoms with Gasteiger partial charge in [-0.3, -0.25) is 4.57 Å². The summed E-state index contributed by atoms with van der Waals surface area (Å²) >= 11 is 6.13. The molecule has 2 aromatic carbocycles. The Morgan fingerprint density at radius 1 is 1.14 bits per heavy atom. The second-order valence-corrected chi connectivity index (χ2v) is 5.97. The van der Waals surface area contributed by atoms with Gasteiger partial charge < -0.3 is 14.6 Å². The van der Waals surface area contributed by atoms with Crippen LogP contribution in [0.2, 0.25) is 5.02 Å². The molecule has 0 radical (unpaired) electrons. The molecule has 6 nitrogen and oxygen atoms in total. The van der Waals surface area contributed by atoms with Gasteiger partial charge in [0.2, 0.25) is 0 Å². The Bertz CT molecular complexity index is 1030. The number of hydrogen-bond acceptors (Lipinski definition) is 4. The first-order valence-electron chi connectivity index (χ1n) is 7.74. The van der Waals surface area contributed by atoms with Gasteiger partial charge in [0.05, 0.1) is 5.02 Å². The maximum absolute atomic E-state index is 12.4. The second-order valence-electron chi connectivity index (χ2n) is 5.56. The summed E-state index contributed by atoms with van der Waals surface area (Å²) in [5.74, 6) is -1.77. The molecule has 0 saturated carbocycles. The van der Waals surface area contributed by atoms with Crippen molar-refractivity contribution in [1.29, 1.82) is 0 Å². The van der Waals surface area contributed by atoms with Crippen LogP contribution < -0.4 is 9.47 Å². The van der Waals surface area contributed by atoms with E-state index in [4.69, 9.17) is 16.3 Å². The average Bonchev–Trinajstić information content (AvgIpc) is 2.90. The van der Waals surface area contributed by atoms with E-state index in [1.807, 2.05) is 0 Å². The van der Waals surface area contributed by atoms with E-state index in [2.05, 4.69) is 9.72 Å². The lowest BCUT2D eigenvalue weighted by atomic mass is 10.1. The van der Waals surface area contributed by atoms with Gasteiger partial charge >= 0.3 is 18.3 Å². The van der Waals surface area contributed by atoms with Gasteiger partial charge in [-0.15, -0.1) is 13.2 Å². The molecular formula is C18H12ClF3N2O4. The number of hydrogen-bond donors (Lipinski definition) is 1. The first-order chi connectivity index (χ1) is 13.2. The molecule has 10 heteroatoms. The van der Waals surface area contributed by atoms with Gasteiger partial charge in [-0.2, -0.15) is 4.98 Å². The first kappa shape index (κ1) is 19.6. The van der Waals surface area contributed by atoms with E-state index < -0.39 is 18.1 Å². The number of aromatic nitrogens is 2. The molecule has 3 aromatic rings. The lowest BCUT2D eigenvalue weighted by Crippen LogP contribution is -2.17. The Labute approximate surface area is 161 Å². The van der Waals surface area contributed by atoms with Gasteiger partial charge in [-0.25, -0.2) is 4.79 Å². The van der Waals surface area contributed by atoms with Crippen LogP contribution in [-0.4, -0.2) is 27.0 Å². The summed E-state index contributed by atoms with van der Waals surface area (Å²) in [7, 11) is 1.40. The average molecular weight is 413 g/mol. The van der Waals surface area contributed by atoms with Gasteiger partial charge in [-0.05, 0) is 18.2 Å². The summed E-state index contributed by atoms with van der Waals surface area (Å²) in [4.78, 5) is 15.9. The smallest absolute Gasteiger partial charge is 0.477 e. The summed E-state index contributed by atoms with van der Waals surface area (Å²) in [5.41, 5.74) is 0.255. The molecule has 0 atom stereocenters. The van der Waals surface area contributed by atoms with Crippen LogP contribution in [0.15, 0.2) is 48.5 Å². The molecule has 1 aromatic heterocycles. The van der Waals surface area contributed by atoms with E-state index in [1.165, 1.54) is 19.2 Å². The van der Waals surface area contributed by atoms with Crippen LogP contribution in [0.4, 0.5) is 13.2 Å². The third kappa shape index (κ3) is 4.20. The van der Waals surface area contributed by atoms with Crippen LogP contribution in [0.25, 0.3) is 11.3 Å². The maximum Gasteiger partial charge on any atom is 0.573 e. The monoisotopic (exact) mass is 412 g/mol. The summed E-state index contributed by atoms with van der Waals surface area (Å²) in [5, 5.41) is 9.83. The number of benzene rings is 2. The Morgan fingerprint density at radius 3 is 2.46 bits per heavy atom. The molecule has 0 spiro atoms. The highest BCUT2D eigenvalue weighted by atomic mass is 35.5. The summed E-state index contributed by atoms with van der Waals surface area (Å²) in [6.07, 6.45) is -4.85. The zero-order valence-electron chi connectivity index (χ0n) is 14.2. The number of aromatic carboxylic acids is 1. The first-order valence-corrected chi connectivity index (χ1v) is 8.12. The van der Waals surface area contributed by atoms with Crippen LogP contribution in [0.5, 0.6) is 17.5 Å². The fourth-order valence-corrected chi connectivity index (χ4v) is 2.72. The molecule has 0 unspecified atom stereocenters. The van der Waals surface area contributed by atoms with E-state index in [0.29, 0.717) is 5.56 Å². The van der Waals surface area contributed by atoms with Crippen LogP contribution >= 0.6 is 11.6 Å². The number of alkyl halides is 3. The molecule has 0 amide bonds. The Morgan fingerprint density at radius 2 is 1.82 bits per heavy atom. The van der Waals surface area contributed by atoms with Crippen molar-refractivity contribution in [2.24, 2.45) is 7.05 Å². The highest BCUT2D eigenvalue weighted by molar-refractivity contribution is 6.33. The van der Waals surface area contributed by atoms with Crippen molar-refractivity contribution in [3.05, 3.63) is 59.2 Å². The number of nitrogens with zero attached hydrogens (tertiary/aromatic N) is 2. The molecular weight excluding hydrogens is 401 g/mol. The molecule has 0 saturated heterocycles. The molecule has 0 bridgehead atoms. The van der Waals surface area contributed by atoms with E-state index >= 15 is 0 Å². The van der Waals surface area contributed by atoms with Crippen molar-refractivity contribution in [3.63, 3.8) is 0 Å². The number of carbonyl (C=O) groups is 1. The van der Waals surface area contributed by atoms with E-state index in [-0.39, 0.29) is 28.2 Å². The van der Waals surface area contributed by atoms with Crippen LogP contribution in [0.1, 0.15) is 10.5 Å². The van der Waals surface area contributed by atoms with Crippen molar-refractivity contribution >= 4 is 17.6 Å². The largest absolute Gasteiger partial charge is 0.573 e. The van der Waals surface area contributed by atoms with Gasteiger partial charge in [0, 0.05) is 18.7 Å². The van der Waals surface area contributed by atoms with Gasteiger partial charge in [-0.1, -0.05) is 35.9 Å². The SMILES string of the molecule is Cn1c(Oc2cccc(OC(F)(F)F)c2)nc(-c2ccccc2Cl)c1C(=O)O. The number of halogens is 4. The molecule has 0 fully saturated rings. The van der Waals surface area contributed by atoms with Crippen molar-refractivity contribution in [2.75, 3.05) is 0 Å². The Balaban J connectivity index is 2.00. The zero-order chi connectivity index (χ0) is 20.5. The van der Waals surface area contributed by atoms with Gasteiger partial charge in [0.25, 0.3) is 0 Å². The third-order valence-electron chi connectivity index (χ3n) is 3.63. The molecule has 1 heterocycles. The minimum Gasteiger partial charge on any atom is -0.477 e. The highest BCUT2D eigenvalue weighted by Gasteiger charge is 2.31. The lowest BCUT2D eigenvalue weighted by Gasteiger charge is -2.10. The fraction of sp³-hybridized carbons (Fsp3) is 0.111. The molecule has 1 N–H and O–H groups in total. The standard InChI is InChI=1S/C18H12ClF3N2O4/c1-24-15(16(25)26)14(12-7-2-3-8-13(12)19)23-17(24)27-10-5-4-6-11(9-10)28-18(20,21)22/h2-9H,1H3,(H,25,26). The van der Waals surface area contributed by atoms with Gasteiger partial charge in [0.1, 0.15) is 17.2 Å². The molecule has 0 aliphatic heterocycles. The Hall–Kier alpha value is -3.20. The predicted octanol–water partition coefficient (Wildman–Crippen LogP) is 5.13. The molecule has 28 heavy (non-hydrogen) atoms. The van der Waals surface area contributed by atoms with E-state index in [9.17, 15) is 23.1 Å². The van der Waals surface area contributed by atoms with Crippen LogP contribution in [0.3, 0.4) is 0 Å². The molecule has 0 aliphatic carbocycles. The number of imidazole rings is 1. The quantitative estimate of drug-likeness (QED) is 0.629. The topological polar surface area (TPSA) is 73.6 Å². The van der Waals surface area contributed by atoms with Crippen molar-refractivity contribution < 1.29 is 32.5 Å². The highest BCUT2D eigenvalue weighted by Crippen LogP contribution is 2.34. The zero-order valence-corrected chi connectivity index (χ0v) is 15.0. The van der Waals surface area contributed by atoms with E-state index in [0.717, 1.165) is 16.7 Å². The van der Waals surface area contributed by atoms with Crippen molar-refractivity contribution in [2.45, 2.75) is 6.36 Å². The van der Waals surface area contributed by atoms with Crippen LogP contribution in [-0.2, 0) is 7.05 Å². The molecule has 3 rings (SSSR count). The minimum absolute atomic E-state index is 0.0162. The van der Waals surface area contributed by atoms with Crippen LogP contribution in [0, 0.1) is 0 Å². The normalized spacial score (nSPS) is 11.3. The molecule has 0 aliphatic rings. The number of carboxylic acids is 1. The maximum atomic E-state index is 12.4. The van der Waals surface area contributed by atoms with Crippen molar-refractivity contribution in [3.8, 4) is 28.8 Å².